The molecule has 6 saturated heterocycles. The second kappa shape index (κ2) is 25.8. The number of H-pyrrole nitrogens is 2. The van der Waals surface area contributed by atoms with Gasteiger partial charge >= 0.3 is 11.4 Å². The van der Waals surface area contributed by atoms with Gasteiger partial charge in [0.1, 0.15) is 40.6 Å². The van der Waals surface area contributed by atoms with E-state index in [1.165, 1.54) is 54.4 Å². The largest absolute Gasteiger partial charge is 0.374 e. The minimum atomic E-state index is -2.12. The van der Waals surface area contributed by atoms with Gasteiger partial charge in [-0.25, -0.2) is 18.9 Å². The molecule has 0 aliphatic carbocycles. The third-order valence-electron chi connectivity index (χ3n) is 17.7. The smallest absolute Gasteiger partial charge is 0.330 e. The van der Waals surface area contributed by atoms with Crippen LogP contribution in [0.1, 0.15) is 64.8 Å². The summed E-state index contributed by atoms with van der Waals surface area (Å²) in [7, 11) is -3.72. The third kappa shape index (κ3) is 11.8. The van der Waals surface area contributed by atoms with Crippen molar-refractivity contribution in [2.45, 2.75) is 151 Å². The van der Waals surface area contributed by atoms with Gasteiger partial charge in [-0.1, -0.05) is 169 Å². The lowest BCUT2D eigenvalue weighted by Crippen LogP contribution is -2.58. The lowest BCUT2D eigenvalue weighted by molar-refractivity contribution is -0.0539. The Morgan fingerprint density at radius 1 is 0.500 bits per heavy atom. The van der Waals surface area contributed by atoms with Gasteiger partial charge in [-0.05, 0) is 50.6 Å². The molecule has 12 rings (SSSR count). The van der Waals surface area contributed by atoms with Crippen LogP contribution in [0.5, 0.6) is 0 Å². The minimum absolute atomic E-state index is 0.0571. The standard InChI is InChI=1S/2C30H38N3O6PSi/c2*1-4-24-27(28(36-2)29(37-24)32-19-17-26(34)31-30(32)35)39-40-33-18-11-16-23(33)25(38-40)20-41(3,21-12-7-5-8-13-21)22-14-9-6-10-15-22/h2*5-10,12-15,17,19,23-25,27-29H,4,11,16,18,20H2,1-3H3,(H,31,34,35)/t23-,24+,25+,27?,28-,29+,40+;23-,24-,25+,27?,28+,29-,40+/m01/s1. The van der Waals surface area contributed by atoms with Crippen molar-refractivity contribution >= 4 is 53.9 Å². The van der Waals surface area contributed by atoms with Crippen LogP contribution in [0.4, 0.5) is 0 Å². The Morgan fingerprint density at radius 2 is 0.841 bits per heavy atom. The molecule has 2 unspecified atom stereocenters. The van der Waals surface area contributed by atoms with Gasteiger partial charge in [0, 0.05) is 63.9 Å². The highest BCUT2D eigenvalue weighted by atomic mass is 31.2. The fourth-order valence-electron chi connectivity index (χ4n) is 13.3. The van der Waals surface area contributed by atoms with Gasteiger partial charge in [-0.2, -0.15) is 0 Å². The summed E-state index contributed by atoms with van der Waals surface area (Å²) in [5.74, 6) is 0. The van der Waals surface area contributed by atoms with Crippen molar-refractivity contribution < 1.29 is 37.0 Å². The van der Waals surface area contributed by atoms with Crippen LogP contribution in [0, 0.1) is 0 Å². The zero-order chi connectivity index (χ0) is 57.1. The van der Waals surface area contributed by atoms with Crippen LogP contribution in [0.3, 0.4) is 0 Å². The SMILES string of the molecule is CC[C@H]1O[C@@H](n2ccc(=O)[nH]c2=O)[C@@H](OC)C1O[P@@]1O[C@H](C[Si](C)(c2ccccc2)c2ccccc2)[C@@H]2CCCN21.CC[C@H]1O[C@@H](n2ccc(=O)[nH]c2=O)[C@@H](OC)C1O[P@]1O[C@@H](C[Si](C)(c2ccccc2)c2ccccc2)[C@H]2CCCN21. The topological polar surface area (TPSA) is 190 Å². The van der Waals surface area contributed by atoms with E-state index in [9.17, 15) is 19.2 Å². The van der Waals surface area contributed by atoms with Gasteiger partial charge in [-0.15, -0.1) is 0 Å². The van der Waals surface area contributed by atoms with Crippen molar-refractivity contribution in [2.24, 2.45) is 0 Å². The van der Waals surface area contributed by atoms with Gasteiger partial charge in [-0.3, -0.25) is 28.7 Å². The van der Waals surface area contributed by atoms with Gasteiger partial charge in [0.15, 0.2) is 12.5 Å². The van der Waals surface area contributed by atoms with Crippen molar-refractivity contribution in [1.82, 2.24) is 28.4 Å². The van der Waals surface area contributed by atoms with E-state index in [2.05, 4.69) is 154 Å². The first kappa shape index (κ1) is 58.9. The molecular weight excluding hydrogens is 1110 g/mol. The minimum Gasteiger partial charge on any atom is -0.374 e. The maximum atomic E-state index is 12.6. The maximum Gasteiger partial charge on any atom is 0.330 e. The molecule has 14 atom stereocenters. The number of ether oxygens (including phenoxy) is 4. The first-order valence-corrected chi connectivity index (χ1v) is 36.5. The average Bonchev–Trinajstić information content (AvgIpc) is 4.47. The molecule has 22 heteroatoms. The number of aromatic amines is 2. The van der Waals surface area contributed by atoms with Crippen molar-refractivity contribution in [3.63, 3.8) is 0 Å². The molecule has 4 aromatic carbocycles. The lowest BCUT2D eigenvalue weighted by Gasteiger charge is -2.32. The molecule has 2 N–H and O–H groups in total. The maximum absolute atomic E-state index is 12.6. The quantitative estimate of drug-likeness (QED) is 0.0705. The van der Waals surface area contributed by atoms with Crippen LogP contribution in [-0.4, -0.2) is 133 Å². The first-order chi connectivity index (χ1) is 39.8. The van der Waals surface area contributed by atoms with E-state index >= 15 is 0 Å². The summed E-state index contributed by atoms with van der Waals surface area (Å²) in [6.07, 6.45) is 4.86. The summed E-state index contributed by atoms with van der Waals surface area (Å²) in [4.78, 5) is 53.1. The highest BCUT2D eigenvalue weighted by molar-refractivity contribution is 7.45. The molecule has 0 spiro atoms. The lowest BCUT2D eigenvalue weighted by atomic mass is 10.1. The Balaban J connectivity index is 0.000000172. The third-order valence-corrected chi connectivity index (χ3v) is 30.2. The van der Waals surface area contributed by atoms with E-state index in [0.29, 0.717) is 24.9 Å². The Morgan fingerprint density at radius 3 is 1.15 bits per heavy atom. The zero-order valence-corrected chi connectivity index (χ0v) is 51.2. The van der Waals surface area contributed by atoms with E-state index in [-0.39, 0.29) is 24.4 Å². The molecule has 0 radical (unpaired) electrons. The monoisotopic (exact) mass is 1190 g/mol. The molecule has 0 amide bonds. The molecule has 2 aromatic heterocycles. The van der Waals surface area contributed by atoms with Crippen LogP contribution < -0.4 is 43.2 Å². The Labute approximate surface area is 482 Å². The van der Waals surface area contributed by atoms with Crippen molar-refractivity contribution in [2.75, 3.05) is 27.3 Å². The zero-order valence-electron chi connectivity index (χ0n) is 47.4. The Kier molecular flexibility index (Phi) is 18.5. The molecule has 82 heavy (non-hydrogen) atoms. The second-order valence-corrected chi connectivity index (χ2v) is 33.8. The number of rotatable bonds is 18. The van der Waals surface area contributed by atoms with E-state index in [1.54, 1.807) is 14.2 Å². The second-order valence-electron chi connectivity index (χ2n) is 22.6. The molecule has 8 heterocycles. The molecule has 436 valence electrons. The van der Waals surface area contributed by atoms with Gasteiger partial charge in [0.05, 0.1) is 24.4 Å². The molecule has 0 bridgehead atoms. The van der Waals surface area contributed by atoms with E-state index < -0.39 is 92.6 Å². The molecule has 0 saturated carbocycles. The number of hydrogen-bond acceptors (Lipinski definition) is 14. The average molecular weight is 1190 g/mol. The highest BCUT2D eigenvalue weighted by Crippen LogP contribution is 2.60. The number of methoxy groups -OCH3 is 2. The molecule has 6 aromatic rings. The summed E-state index contributed by atoms with van der Waals surface area (Å²) in [5, 5.41) is 5.61. The fourth-order valence-corrected chi connectivity index (χ4v) is 25.3. The molecule has 6 fully saturated rings. The summed E-state index contributed by atoms with van der Waals surface area (Å²) in [6.45, 7) is 10.8. The molecule has 18 nitrogen and oxygen atoms in total. The van der Waals surface area contributed by atoms with Gasteiger partial charge < -0.3 is 37.0 Å². The normalized spacial score (nSPS) is 30.1. The van der Waals surface area contributed by atoms with Crippen LogP contribution in [0.2, 0.25) is 25.2 Å². The van der Waals surface area contributed by atoms with Crippen LogP contribution >= 0.6 is 17.1 Å². The summed E-state index contributed by atoms with van der Waals surface area (Å²) >= 11 is 0. The van der Waals surface area contributed by atoms with E-state index in [0.717, 1.165) is 50.9 Å². The van der Waals surface area contributed by atoms with Crippen molar-refractivity contribution in [1.29, 1.82) is 0 Å². The predicted molar refractivity (Wildman–Crippen MR) is 323 cm³/mol. The number of aromatic nitrogens is 4. The van der Waals surface area contributed by atoms with Crippen LogP contribution in [-0.2, 0) is 37.0 Å². The van der Waals surface area contributed by atoms with E-state index in [4.69, 9.17) is 37.0 Å². The summed E-state index contributed by atoms with van der Waals surface area (Å²) in [6, 6.07) is 48.7. The molecule has 6 aliphatic rings. The molecular formula is C60H76N6O12P2Si2. The number of hydrogen-bond donors (Lipinski definition) is 2. The number of fused-ring (bicyclic) bond motifs is 2. The molecule has 6 aliphatic heterocycles. The summed E-state index contributed by atoms with van der Waals surface area (Å²) in [5.41, 5.74) is -1.97. The number of nitrogens with zero attached hydrogens (tertiary/aromatic N) is 4. The van der Waals surface area contributed by atoms with Crippen LogP contribution in [0.15, 0.2) is 165 Å². The van der Waals surface area contributed by atoms with Crippen molar-refractivity contribution in [3.05, 3.63) is 188 Å². The predicted octanol–water partition coefficient (Wildman–Crippen LogP) is 6.45. The van der Waals surface area contributed by atoms with Crippen LogP contribution in [0.25, 0.3) is 0 Å². The Hall–Kier alpha value is -4.87. The first-order valence-electron chi connectivity index (χ1n) is 28.9. The van der Waals surface area contributed by atoms with Gasteiger partial charge in [0.2, 0.25) is 0 Å². The number of nitrogens with one attached hydrogen (secondary N) is 2. The van der Waals surface area contributed by atoms with E-state index in [1.807, 2.05) is 13.8 Å². The Bertz CT molecular complexity index is 3020. The summed E-state index contributed by atoms with van der Waals surface area (Å²) < 4.78 is 59.4. The van der Waals surface area contributed by atoms with Crippen molar-refractivity contribution in [3.8, 4) is 0 Å². The fraction of sp³-hybridized carbons (Fsp3) is 0.467. The highest BCUT2D eigenvalue weighted by Gasteiger charge is 2.56. The van der Waals surface area contributed by atoms with Gasteiger partial charge in [0.25, 0.3) is 28.2 Å². The number of benzene rings is 4.